The maximum absolute atomic E-state index is 2.16. The van der Waals surface area contributed by atoms with Crippen molar-refractivity contribution in [2.24, 2.45) is 0 Å². The van der Waals surface area contributed by atoms with Crippen LogP contribution in [0.4, 0.5) is 0 Å². The van der Waals surface area contributed by atoms with Crippen molar-refractivity contribution >= 4 is 17.8 Å². The highest BCUT2D eigenvalue weighted by Gasteiger charge is 2.00. The molecule has 0 saturated carbocycles. The number of hydrogen-bond acceptors (Lipinski definition) is 1. The molecule has 0 bridgehead atoms. The van der Waals surface area contributed by atoms with Crippen molar-refractivity contribution in [3.8, 4) is 0 Å². The van der Waals surface area contributed by atoms with Crippen molar-refractivity contribution < 1.29 is 0 Å². The van der Waals surface area contributed by atoms with Gasteiger partial charge in [-0.15, -0.1) is 0 Å². The van der Waals surface area contributed by atoms with Crippen molar-refractivity contribution in [2.45, 2.75) is 16.7 Å². The Hall–Kier alpha value is -1.47. The molecule has 0 aliphatic carbocycles. The SMILES string of the molecule is CC=Cc1ccccc1Sc1ccccc1. The highest BCUT2D eigenvalue weighted by molar-refractivity contribution is 7.99. The summed E-state index contributed by atoms with van der Waals surface area (Å²) < 4.78 is 0. The molecule has 0 aliphatic rings. The molecule has 0 aliphatic heterocycles. The quantitative estimate of drug-likeness (QED) is 0.719. The Balaban J connectivity index is 2.28. The zero-order chi connectivity index (χ0) is 11.2. The Morgan fingerprint density at radius 3 is 2.31 bits per heavy atom. The Kier molecular flexibility index (Phi) is 3.84. The summed E-state index contributed by atoms with van der Waals surface area (Å²) in [4.78, 5) is 2.58. The summed E-state index contributed by atoms with van der Waals surface area (Å²) in [5, 5.41) is 0. The van der Waals surface area contributed by atoms with Crippen LogP contribution in [0.25, 0.3) is 6.08 Å². The smallest absolute Gasteiger partial charge is 0.0194 e. The summed E-state index contributed by atoms with van der Waals surface area (Å²) in [6, 6.07) is 18.9. The lowest BCUT2D eigenvalue weighted by Crippen LogP contribution is -1.78. The van der Waals surface area contributed by atoms with Crippen molar-refractivity contribution in [1.29, 1.82) is 0 Å². The van der Waals surface area contributed by atoms with Gasteiger partial charge in [-0.1, -0.05) is 60.3 Å². The van der Waals surface area contributed by atoms with Crippen molar-refractivity contribution in [3.05, 3.63) is 66.2 Å². The molecule has 0 amide bonds. The molecule has 80 valence electrons. The van der Waals surface area contributed by atoms with Crippen molar-refractivity contribution in [3.63, 3.8) is 0 Å². The first kappa shape index (κ1) is 11.0. The van der Waals surface area contributed by atoms with E-state index in [4.69, 9.17) is 0 Å². The highest BCUT2D eigenvalue weighted by Crippen LogP contribution is 2.30. The van der Waals surface area contributed by atoms with Gasteiger partial charge >= 0.3 is 0 Å². The Labute approximate surface area is 101 Å². The van der Waals surface area contributed by atoms with E-state index in [0.717, 1.165) is 0 Å². The third-order valence-corrected chi connectivity index (χ3v) is 3.34. The molecule has 0 atom stereocenters. The lowest BCUT2D eigenvalue weighted by molar-refractivity contribution is 1.38. The molecular weight excluding hydrogens is 212 g/mol. The van der Waals surface area contributed by atoms with Gasteiger partial charge < -0.3 is 0 Å². The van der Waals surface area contributed by atoms with Gasteiger partial charge in [-0.25, -0.2) is 0 Å². The minimum atomic E-state index is 1.28. The molecule has 2 aromatic carbocycles. The molecule has 0 heterocycles. The van der Waals surface area contributed by atoms with E-state index in [1.807, 2.05) is 13.0 Å². The van der Waals surface area contributed by atoms with Gasteiger partial charge in [0.15, 0.2) is 0 Å². The van der Waals surface area contributed by atoms with Gasteiger partial charge in [-0.05, 0) is 30.7 Å². The predicted octanol–water partition coefficient (Wildman–Crippen LogP) is 4.87. The van der Waals surface area contributed by atoms with Crippen LogP contribution >= 0.6 is 11.8 Å². The molecule has 0 radical (unpaired) electrons. The monoisotopic (exact) mass is 226 g/mol. The summed E-state index contributed by atoms with van der Waals surface area (Å²) >= 11 is 1.80. The van der Waals surface area contributed by atoms with E-state index in [2.05, 4.69) is 60.7 Å². The zero-order valence-corrected chi connectivity index (χ0v) is 10.1. The Morgan fingerprint density at radius 1 is 0.875 bits per heavy atom. The summed E-state index contributed by atoms with van der Waals surface area (Å²) in [5.41, 5.74) is 1.28. The van der Waals surface area contributed by atoms with Gasteiger partial charge in [0, 0.05) is 9.79 Å². The van der Waals surface area contributed by atoms with Gasteiger partial charge in [0.2, 0.25) is 0 Å². The second-order valence-electron chi connectivity index (χ2n) is 3.45. The molecule has 1 heteroatoms. The minimum Gasteiger partial charge on any atom is -0.0895 e. The van der Waals surface area contributed by atoms with Crippen LogP contribution in [0.15, 0.2) is 70.5 Å². The minimum absolute atomic E-state index is 1.28. The maximum atomic E-state index is 2.16. The molecule has 16 heavy (non-hydrogen) atoms. The first-order chi connectivity index (χ1) is 7.90. The van der Waals surface area contributed by atoms with Gasteiger partial charge in [0.1, 0.15) is 0 Å². The fourth-order valence-corrected chi connectivity index (χ4v) is 2.45. The first-order valence-corrected chi connectivity index (χ1v) is 6.16. The first-order valence-electron chi connectivity index (χ1n) is 5.35. The normalized spacial score (nSPS) is 10.8. The summed E-state index contributed by atoms with van der Waals surface area (Å²) in [6.45, 7) is 2.05. The maximum Gasteiger partial charge on any atom is 0.0194 e. The van der Waals surface area contributed by atoms with Gasteiger partial charge in [0.25, 0.3) is 0 Å². The number of benzene rings is 2. The molecule has 0 unspecified atom stereocenters. The van der Waals surface area contributed by atoms with E-state index in [1.54, 1.807) is 11.8 Å². The van der Waals surface area contributed by atoms with Crippen LogP contribution in [0.5, 0.6) is 0 Å². The lowest BCUT2D eigenvalue weighted by Gasteiger charge is -2.05. The molecular formula is C15H14S. The van der Waals surface area contributed by atoms with Crippen molar-refractivity contribution in [1.82, 2.24) is 0 Å². The van der Waals surface area contributed by atoms with Crippen LogP contribution in [-0.4, -0.2) is 0 Å². The van der Waals surface area contributed by atoms with Crippen LogP contribution < -0.4 is 0 Å². The third-order valence-electron chi connectivity index (χ3n) is 2.24. The molecule has 2 rings (SSSR count). The van der Waals surface area contributed by atoms with Crippen LogP contribution in [-0.2, 0) is 0 Å². The van der Waals surface area contributed by atoms with Crippen LogP contribution in [0.2, 0.25) is 0 Å². The van der Waals surface area contributed by atoms with E-state index in [1.165, 1.54) is 15.4 Å². The van der Waals surface area contributed by atoms with Gasteiger partial charge in [-0.3, -0.25) is 0 Å². The molecule has 0 saturated heterocycles. The molecule has 0 N–H and O–H groups in total. The number of rotatable bonds is 3. The fourth-order valence-electron chi connectivity index (χ4n) is 1.51. The standard InChI is InChI=1S/C15H14S/c1-2-8-13-9-6-7-12-15(13)16-14-10-4-3-5-11-14/h2-12H,1H3. The van der Waals surface area contributed by atoms with Crippen LogP contribution in [0, 0.1) is 0 Å². The average molecular weight is 226 g/mol. The highest BCUT2D eigenvalue weighted by atomic mass is 32.2. The zero-order valence-electron chi connectivity index (χ0n) is 9.26. The van der Waals surface area contributed by atoms with Gasteiger partial charge in [0.05, 0.1) is 0 Å². The van der Waals surface area contributed by atoms with Crippen LogP contribution in [0.1, 0.15) is 12.5 Å². The van der Waals surface area contributed by atoms with E-state index < -0.39 is 0 Å². The lowest BCUT2D eigenvalue weighted by atomic mass is 10.2. The fraction of sp³-hybridized carbons (Fsp3) is 0.0667. The molecule has 2 aromatic rings. The average Bonchev–Trinajstić information content (AvgIpc) is 2.33. The van der Waals surface area contributed by atoms with Gasteiger partial charge in [-0.2, -0.15) is 0 Å². The summed E-state index contributed by atoms with van der Waals surface area (Å²) in [6.07, 6.45) is 4.22. The topological polar surface area (TPSA) is 0 Å². The molecule has 0 nitrogen and oxygen atoms in total. The van der Waals surface area contributed by atoms with E-state index >= 15 is 0 Å². The third kappa shape index (κ3) is 2.77. The second-order valence-corrected chi connectivity index (χ2v) is 4.57. The molecule has 0 aromatic heterocycles. The van der Waals surface area contributed by atoms with E-state index in [-0.39, 0.29) is 0 Å². The van der Waals surface area contributed by atoms with E-state index in [9.17, 15) is 0 Å². The summed E-state index contributed by atoms with van der Waals surface area (Å²) in [5.74, 6) is 0. The molecule has 0 spiro atoms. The Morgan fingerprint density at radius 2 is 1.56 bits per heavy atom. The number of allylic oxidation sites excluding steroid dienone is 1. The molecule has 0 fully saturated rings. The van der Waals surface area contributed by atoms with E-state index in [0.29, 0.717) is 0 Å². The Bertz CT molecular complexity index is 472. The number of hydrogen-bond donors (Lipinski definition) is 0. The largest absolute Gasteiger partial charge is 0.0895 e. The van der Waals surface area contributed by atoms with Crippen LogP contribution in [0.3, 0.4) is 0 Å². The second kappa shape index (κ2) is 5.57. The predicted molar refractivity (Wildman–Crippen MR) is 71.7 cm³/mol. The van der Waals surface area contributed by atoms with Crippen molar-refractivity contribution in [2.75, 3.05) is 0 Å². The summed E-state index contributed by atoms with van der Waals surface area (Å²) in [7, 11) is 0.